The number of nitrogens with one attached hydrogen (secondary N) is 5. The van der Waals surface area contributed by atoms with Crippen molar-refractivity contribution in [1.29, 1.82) is 0 Å². The molecule has 0 aliphatic carbocycles. The van der Waals surface area contributed by atoms with Crippen LogP contribution in [0, 0.1) is 11.3 Å². The topological polar surface area (TPSA) is 453 Å². The van der Waals surface area contributed by atoms with Crippen LogP contribution in [0.25, 0.3) is 0 Å². The summed E-state index contributed by atoms with van der Waals surface area (Å²) in [7, 11) is 0. The number of Topliss-reactive ketones (excluding diaryl/α,β-unsaturated/α-hetero) is 4. The molecule has 0 saturated carbocycles. The molecule has 0 aromatic heterocycles. The van der Waals surface area contributed by atoms with Gasteiger partial charge in [-0.05, 0) is 95.1 Å². The molecule has 3 aliphatic rings. The maximum atomic E-state index is 13.1. The molecule has 0 spiro atoms. The van der Waals surface area contributed by atoms with Gasteiger partial charge in [-0.25, -0.2) is 0 Å². The standard InChI is InChI=1S/C65H115N5O25/c1-41(2)36-65(25-12-9-18-45(77)19-10-13-27-66-28-15-30-90-62-53(68-42(3)74)59(85)56(82)49(37-71)93-62,40-89-32-24-52(81)67-29-14-11-20-48(80)23-34-92-64-55(70-44(5)76)61(87)58(84)51(39-73)95-64)26-35-88-31-21-46(78)16-7-6-8-17-47(79)22-33-91-63-54(69-43(4)75)60(86)57(83)50(38-72)94-63/h41,49-51,53-64,66,71-73,82-87H,6-40H2,1-5H3,(H,67,81)(H,68,74)(H,69,75)(H,70,76)/t49?,50?,51?,53?,54?,55?,56-,57-,58-,59+,60+,61+,62+,63+,64+,65?/m0/s1. The first kappa shape index (κ1) is 85.1. The van der Waals surface area contributed by atoms with Crippen molar-refractivity contribution < 1.29 is 122 Å². The summed E-state index contributed by atoms with van der Waals surface area (Å²) >= 11 is 0. The van der Waals surface area contributed by atoms with Crippen LogP contribution in [0.1, 0.15) is 176 Å². The fourth-order valence-electron chi connectivity index (χ4n) is 11.8. The molecule has 3 aliphatic heterocycles. The molecule has 7 unspecified atom stereocenters. The van der Waals surface area contributed by atoms with Crippen molar-refractivity contribution in [1.82, 2.24) is 26.6 Å². The van der Waals surface area contributed by atoms with Crippen LogP contribution >= 0.6 is 0 Å². The van der Waals surface area contributed by atoms with Gasteiger partial charge in [0, 0.05) is 91.7 Å². The maximum Gasteiger partial charge on any atom is 0.222 e. The van der Waals surface area contributed by atoms with Gasteiger partial charge in [0.15, 0.2) is 18.9 Å². The highest BCUT2D eigenvalue weighted by atomic mass is 16.7. The van der Waals surface area contributed by atoms with Crippen molar-refractivity contribution in [3.8, 4) is 0 Å². The summed E-state index contributed by atoms with van der Waals surface area (Å²) < 4.78 is 46.1. The lowest BCUT2D eigenvalue weighted by atomic mass is 9.74. The van der Waals surface area contributed by atoms with E-state index in [9.17, 15) is 84.3 Å². The first-order valence-electron chi connectivity index (χ1n) is 34.1. The Hall–Kier alpha value is -4.16. The lowest BCUT2D eigenvalue weighted by Gasteiger charge is -2.42. The molecule has 3 heterocycles. The van der Waals surface area contributed by atoms with E-state index in [1.165, 1.54) is 20.8 Å². The van der Waals surface area contributed by atoms with E-state index in [2.05, 4.69) is 40.4 Å². The van der Waals surface area contributed by atoms with Crippen LogP contribution in [0.5, 0.6) is 0 Å². The van der Waals surface area contributed by atoms with Crippen LogP contribution in [-0.2, 0) is 76.3 Å². The van der Waals surface area contributed by atoms with E-state index in [0.717, 1.165) is 25.7 Å². The van der Waals surface area contributed by atoms with E-state index in [0.29, 0.717) is 110 Å². The SMILES string of the molecule is CC(=O)NC1[C@H](OCCCNCCCCC(=O)CCCCC(CCOCCC(=O)CCCCCC(=O)CCO[C@@H]2OC(CO)[C@H](O)[C@H](O)C2NC(C)=O)(COCCC(=O)NCCCCC(=O)CCO[C@@H]2OC(CO)[C@H](O)[C@H](O)C2NC(C)=O)CC(C)C)OC(CO)[C@H](O)[C@@H]1O. The number of aliphatic hydroxyl groups excluding tert-OH is 9. The molecule has 0 bridgehead atoms. The molecule has 30 nitrogen and oxygen atoms in total. The van der Waals surface area contributed by atoms with E-state index in [4.69, 9.17) is 37.9 Å². The number of amides is 4. The number of ketones is 4. The number of carbonyl (C=O) groups excluding carboxylic acids is 8. The zero-order valence-corrected chi connectivity index (χ0v) is 56.5. The molecule has 3 saturated heterocycles. The summed E-state index contributed by atoms with van der Waals surface area (Å²) in [6, 6.07) is -3.24. The first-order valence-corrected chi connectivity index (χ1v) is 34.1. The summed E-state index contributed by atoms with van der Waals surface area (Å²) in [5.74, 6) is -1.35. The quantitative estimate of drug-likeness (QED) is 0.0328. The Labute approximate surface area is 558 Å². The third-order valence-corrected chi connectivity index (χ3v) is 17.0. The number of carbonyl (C=O) groups is 8. The predicted molar refractivity (Wildman–Crippen MR) is 340 cm³/mol. The van der Waals surface area contributed by atoms with Crippen LogP contribution in [0.4, 0.5) is 0 Å². The monoisotopic (exact) mass is 1370 g/mol. The van der Waals surface area contributed by atoms with E-state index in [1.54, 1.807) is 0 Å². The molecule has 0 radical (unpaired) electrons. The number of aliphatic hydroxyl groups is 9. The zero-order valence-electron chi connectivity index (χ0n) is 56.5. The third-order valence-electron chi connectivity index (χ3n) is 17.0. The largest absolute Gasteiger partial charge is 0.394 e. The molecule has 14 N–H and O–H groups in total. The Kier molecular flexibility index (Phi) is 42.8. The Balaban J connectivity index is 1.42. The Morgan fingerprint density at radius 1 is 0.411 bits per heavy atom. The molecule has 550 valence electrons. The van der Waals surface area contributed by atoms with Crippen molar-refractivity contribution >= 4 is 46.8 Å². The van der Waals surface area contributed by atoms with Gasteiger partial charge in [-0.1, -0.05) is 26.7 Å². The minimum atomic E-state index is -1.47. The van der Waals surface area contributed by atoms with Crippen LogP contribution < -0.4 is 26.6 Å². The van der Waals surface area contributed by atoms with Crippen LogP contribution in [0.3, 0.4) is 0 Å². The molecular formula is C65H115N5O25. The van der Waals surface area contributed by atoms with Gasteiger partial charge in [0.2, 0.25) is 23.6 Å². The lowest BCUT2D eigenvalue weighted by Crippen LogP contribution is -2.64. The van der Waals surface area contributed by atoms with E-state index < -0.39 is 129 Å². The molecule has 4 amide bonds. The smallest absolute Gasteiger partial charge is 0.222 e. The van der Waals surface area contributed by atoms with Crippen LogP contribution in [0.15, 0.2) is 0 Å². The maximum absolute atomic E-state index is 13.1. The van der Waals surface area contributed by atoms with Crippen LogP contribution in [-0.4, -0.2) is 270 Å². The van der Waals surface area contributed by atoms with Gasteiger partial charge in [0.05, 0.1) is 59.5 Å². The minimum absolute atomic E-state index is 0.0121. The van der Waals surface area contributed by atoms with Gasteiger partial charge >= 0.3 is 0 Å². The highest BCUT2D eigenvalue weighted by Crippen LogP contribution is 2.37. The molecule has 95 heavy (non-hydrogen) atoms. The van der Waals surface area contributed by atoms with E-state index in [-0.39, 0.29) is 112 Å². The molecule has 0 aromatic rings. The van der Waals surface area contributed by atoms with Gasteiger partial charge in [-0.2, -0.15) is 0 Å². The summed E-state index contributed by atoms with van der Waals surface area (Å²) in [4.78, 5) is 99.2. The molecule has 3 fully saturated rings. The zero-order chi connectivity index (χ0) is 70.3. The van der Waals surface area contributed by atoms with Gasteiger partial charge in [0.1, 0.15) is 96.2 Å². The highest BCUT2D eigenvalue weighted by molar-refractivity contribution is 5.80. The number of hydrogen-bond donors (Lipinski definition) is 14. The summed E-state index contributed by atoms with van der Waals surface area (Å²) in [6.07, 6.45) is -4.91. The van der Waals surface area contributed by atoms with Gasteiger partial charge in [-0.15, -0.1) is 0 Å². The normalized spacial score (nSPS) is 26.7. The van der Waals surface area contributed by atoms with E-state index in [1.807, 2.05) is 0 Å². The molecule has 0 aromatic carbocycles. The van der Waals surface area contributed by atoms with Crippen molar-refractivity contribution in [2.75, 3.05) is 85.7 Å². The fraction of sp³-hybridized carbons (Fsp3) is 0.877. The van der Waals surface area contributed by atoms with E-state index >= 15 is 0 Å². The van der Waals surface area contributed by atoms with Crippen molar-refractivity contribution in [3.05, 3.63) is 0 Å². The molecule has 3 rings (SSSR count). The highest BCUT2D eigenvalue weighted by Gasteiger charge is 2.48. The average molecular weight is 1370 g/mol. The Bertz CT molecular complexity index is 2240. The van der Waals surface area contributed by atoms with Gasteiger partial charge < -0.3 is 110 Å². The molecule has 16 atom stereocenters. The minimum Gasteiger partial charge on any atom is -0.394 e. The third kappa shape index (κ3) is 33.5. The van der Waals surface area contributed by atoms with Crippen molar-refractivity contribution in [3.63, 3.8) is 0 Å². The second-order valence-corrected chi connectivity index (χ2v) is 25.7. The summed E-state index contributed by atoms with van der Waals surface area (Å²) in [6.45, 7) is 9.01. The summed E-state index contributed by atoms with van der Waals surface area (Å²) in [5.41, 5.74) is -0.353. The van der Waals surface area contributed by atoms with Crippen molar-refractivity contribution in [2.45, 2.75) is 268 Å². The van der Waals surface area contributed by atoms with Gasteiger partial charge in [0.25, 0.3) is 0 Å². The number of hydrogen-bond acceptors (Lipinski definition) is 26. The average Bonchev–Trinajstić information content (AvgIpc) is 0.838. The number of rotatable bonds is 53. The number of ether oxygens (including phenoxy) is 8. The second-order valence-electron chi connectivity index (χ2n) is 25.7. The Morgan fingerprint density at radius 2 is 0.789 bits per heavy atom. The number of unbranched alkanes of at least 4 members (excludes halogenated alkanes) is 5. The second kappa shape index (κ2) is 47.8. The Morgan fingerprint density at radius 3 is 1.22 bits per heavy atom. The van der Waals surface area contributed by atoms with Crippen molar-refractivity contribution in [2.24, 2.45) is 11.3 Å². The molecule has 30 heteroatoms. The lowest BCUT2D eigenvalue weighted by molar-refractivity contribution is -0.270. The predicted octanol–water partition coefficient (Wildman–Crippen LogP) is -0.893. The first-order chi connectivity index (χ1) is 45.3. The van der Waals surface area contributed by atoms with Crippen LogP contribution in [0.2, 0.25) is 0 Å². The fourth-order valence-corrected chi connectivity index (χ4v) is 11.8. The summed E-state index contributed by atoms with van der Waals surface area (Å²) in [5, 5.41) is 104. The van der Waals surface area contributed by atoms with Gasteiger partial charge in [-0.3, -0.25) is 38.4 Å². The molecular weight excluding hydrogens is 1250 g/mol.